The van der Waals surface area contributed by atoms with E-state index in [0.717, 1.165) is 6.42 Å². The first-order valence-corrected chi connectivity index (χ1v) is 14.8. The van der Waals surface area contributed by atoms with Gasteiger partial charge in [-0.05, 0) is 135 Å². The van der Waals surface area contributed by atoms with Crippen LogP contribution >= 0.6 is 0 Å². The summed E-state index contributed by atoms with van der Waals surface area (Å²) >= 11 is 0. The van der Waals surface area contributed by atoms with Crippen molar-refractivity contribution in [3.63, 3.8) is 0 Å². The molecule has 0 aromatic carbocycles. The Balaban J connectivity index is 1.61. The Morgan fingerprint density at radius 1 is 0.794 bits per heavy atom. The lowest BCUT2D eigenvalue weighted by Gasteiger charge is -2.74. The smallest absolute Gasteiger partial charge is 0.133 e. The first-order chi connectivity index (χ1) is 15.5. The SMILES string of the molecule is CC(=O)[C@H]1C[C@H]2C(C)(C)CCC[C@]2(C)[C@H]2CC[C@@H]3[C@@]4(C)CC[C@H](C(C)(C)O)[C@@H]4CC[C@@]3(C)[C@]12C. The predicted molar refractivity (Wildman–Crippen MR) is 140 cm³/mol. The van der Waals surface area contributed by atoms with Crippen LogP contribution < -0.4 is 0 Å². The van der Waals surface area contributed by atoms with Gasteiger partial charge in [-0.2, -0.15) is 0 Å². The Bertz CT molecular complexity index is 852. The highest BCUT2D eigenvalue weighted by Gasteiger charge is 2.73. The van der Waals surface area contributed by atoms with Crippen molar-refractivity contribution in [2.75, 3.05) is 0 Å². The van der Waals surface area contributed by atoms with Crippen molar-refractivity contribution >= 4 is 5.78 Å². The Hall–Kier alpha value is -0.370. The number of hydrogen-bond acceptors (Lipinski definition) is 2. The third kappa shape index (κ3) is 2.99. The second-order valence-electron chi connectivity index (χ2n) is 16.1. The van der Waals surface area contributed by atoms with Crippen LogP contribution in [0, 0.1) is 62.6 Å². The molecule has 5 rings (SSSR count). The molecule has 5 fully saturated rings. The van der Waals surface area contributed by atoms with Gasteiger partial charge in [0.1, 0.15) is 5.78 Å². The van der Waals surface area contributed by atoms with Gasteiger partial charge in [0.05, 0.1) is 5.60 Å². The van der Waals surface area contributed by atoms with Crippen molar-refractivity contribution in [2.45, 2.75) is 132 Å². The molecule has 0 saturated heterocycles. The summed E-state index contributed by atoms with van der Waals surface area (Å²) in [6.45, 7) is 21.5. The van der Waals surface area contributed by atoms with E-state index >= 15 is 0 Å². The largest absolute Gasteiger partial charge is 0.390 e. The minimum Gasteiger partial charge on any atom is -0.390 e. The van der Waals surface area contributed by atoms with E-state index in [1.54, 1.807) is 0 Å². The number of fused-ring (bicyclic) bond motifs is 7. The summed E-state index contributed by atoms with van der Waals surface area (Å²) in [6.07, 6.45) is 12.7. The van der Waals surface area contributed by atoms with Crippen LogP contribution in [-0.2, 0) is 4.79 Å². The summed E-state index contributed by atoms with van der Waals surface area (Å²) in [6, 6.07) is 0. The van der Waals surface area contributed by atoms with Crippen molar-refractivity contribution in [3.8, 4) is 0 Å². The van der Waals surface area contributed by atoms with E-state index in [1.165, 1.54) is 57.8 Å². The minimum absolute atomic E-state index is 0.0845. The molecule has 0 heterocycles. The zero-order valence-electron chi connectivity index (χ0n) is 23.9. The van der Waals surface area contributed by atoms with Gasteiger partial charge in [-0.25, -0.2) is 0 Å². The Morgan fingerprint density at radius 3 is 2.06 bits per heavy atom. The van der Waals surface area contributed by atoms with E-state index in [0.29, 0.717) is 51.6 Å². The second-order valence-corrected chi connectivity index (χ2v) is 16.1. The molecule has 0 aromatic rings. The molecule has 0 spiro atoms. The van der Waals surface area contributed by atoms with E-state index in [9.17, 15) is 9.90 Å². The summed E-state index contributed by atoms with van der Waals surface area (Å²) < 4.78 is 0. The van der Waals surface area contributed by atoms with Crippen LogP contribution in [0.3, 0.4) is 0 Å². The summed E-state index contributed by atoms with van der Waals surface area (Å²) in [5.74, 6) is 3.70. The maximum atomic E-state index is 13.5. The van der Waals surface area contributed by atoms with E-state index < -0.39 is 5.60 Å². The van der Waals surface area contributed by atoms with Crippen LogP contribution in [-0.4, -0.2) is 16.5 Å². The highest BCUT2D eigenvalue weighted by atomic mass is 16.3. The lowest BCUT2D eigenvalue weighted by molar-refractivity contribution is -0.261. The van der Waals surface area contributed by atoms with E-state index in [4.69, 9.17) is 0 Å². The lowest BCUT2D eigenvalue weighted by Crippen LogP contribution is -2.69. The Morgan fingerprint density at radius 2 is 1.44 bits per heavy atom. The zero-order valence-corrected chi connectivity index (χ0v) is 23.9. The number of aliphatic hydroxyl groups is 1. The van der Waals surface area contributed by atoms with Gasteiger partial charge in [-0.1, -0.05) is 48.0 Å². The van der Waals surface area contributed by atoms with Gasteiger partial charge in [0.15, 0.2) is 0 Å². The molecular formula is C32H54O2. The fraction of sp³-hybridized carbons (Fsp3) is 0.969. The molecule has 34 heavy (non-hydrogen) atoms. The summed E-state index contributed by atoms with van der Waals surface area (Å²) in [5, 5.41) is 11.1. The molecule has 5 aliphatic carbocycles. The van der Waals surface area contributed by atoms with Gasteiger partial charge in [0, 0.05) is 5.92 Å². The standard InChI is InChI=1S/C32H54O2/c1-20(33)23-19-26-27(2,3)15-10-16-30(26,7)25-12-11-24-29(6)17-13-21(28(4,5)34)22(29)14-18-31(24,8)32(23,25)9/h21-26,34H,10-19H2,1-9H3/t21-,22-,23+,24+,25+,26-,29-,30+,31+,32+/m0/s1. The molecule has 10 atom stereocenters. The van der Waals surface area contributed by atoms with Crippen LogP contribution in [0.25, 0.3) is 0 Å². The number of hydrogen-bond donors (Lipinski definition) is 1. The van der Waals surface area contributed by atoms with Gasteiger partial charge in [0.2, 0.25) is 0 Å². The van der Waals surface area contributed by atoms with Crippen molar-refractivity contribution in [2.24, 2.45) is 62.6 Å². The molecule has 2 nitrogen and oxygen atoms in total. The van der Waals surface area contributed by atoms with Crippen molar-refractivity contribution in [1.82, 2.24) is 0 Å². The Labute approximate surface area is 210 Å². The van der Waals surface area contributed by atoms with Crippen LogP contribution in [0.4, 0.5) is 0 Å². The number of Topliss-reactive ketones (excluding diaryl/α,β-unsaturated/α-hetero) is 1. The molecule has 0 aliphatic heterocycles. The third-order valence-electron chi connectivity index (χ3n) is 14.2. The number of rotatable bonds is 2. The lowest BCUT2D eigenvalue weighted by atomic mass is 9.29. The highest BCUT2D eigenvalue weighted by molar-refractivity contribution is 5.79. The molecule has 5 saturated carbocycles. The second kappa shape index (κ2) is 7.35. The maximum absolute atomic E-state index is 13.5. The zero-order chi connectivity index (χ0) is 25.1. The summed E-state index contributed by atoms with van der Waals surface area (Å²) in [4.78, 5) is 13.5. The van der Waals surface area contributed by atoms with Gasteiger partial charge in [0.25, 0.3) is 0 Å². The topological polar surface area (TPSA) is 37.3 Å². The maximum Gasteiger partial charge on any atom is 0.133 e. The summed E-state index contributed by atoms with van der Waals surface area (Å²) in [7, 11) is 0. The Kier molecular flexibility index (Phi) is 5.47. The summed E-state index contributed by atoms with van der Waals surface area (Å²) in [5.41, 5.74) is 0.714. The molecular weight excluding hydrogens is 416 g/mol. The quantitative estimate of drug-likeness (QED) is 0.443. The minimum atomic E-state index is -0.585. The number of ketones is 1. The predicted octanol–water partition coefficient (Wildman–Crippen LogP) is 8.06. The first kappa shape index (κ1) is 25.3. The number of carbonyl (C=O) groups excluding carboxylic acids is 1. The molecule has 0 radical (unpaired) electrons. The molecule has 1 N–H and O–H groups in total. The average molecular weight is 471 g/mol. The van der Waals surface area contributed by atoms with Crippen molar-refractivity contribution in [3.05, 3.63) is 0 Å². The molecule has 0 amide bonds. The highest BCUT2D eigenvalue weighted by Crippen LogP contribution is 2.79. The fourth-order valence-electron chi connectivity index (χ4n) is 12.7. The molecule has 5 aliphatic rings. The van der Waals surface area contributed by atoms with E-state index in [-0.39, 0.29) is 16.7 Å². The van der Waals surface area contributed by atoms with Gasteiger partial charge in [-0.15, -0.1) is 0 Å². The van der Waals surface area contributed by atoms with Gasteiger partial charge in [-0.3, -0.25) is 4.79 Å². The van der Waals surface area contributed by atoms with E-state index in [1.807, 2.05) is 20.8 Å². The van der Waals surface area contributed by atoms with Gasteiger partial charge >= 0.3 is 0 Å². The van der Waals surface area contributed by atoms with Crippen LogP contribution in [0.5, 0.6) is 0 Å². The number of carbonyl (C=O) groups is 1. The third-order valence-corrected chi connectivity index (χ3v) is 14.2. The van der Waals surface area contributed by atoms with E-state index in [2.05, 4.69) is 41.5 Å². The monoisotopic (exact) mass is 470 g/mol. The average Bonchev–Trinajstić information content (AvgIpc) is 3.05. The van der Waals surface area contributed by atoms with Crippen molar-refractivity contribution in [1.29, 1.82) is 0 Å². The molecule has 194 valence electrons. The molecule has 0 aromatic heterocycles. The van der Waals surface area contributed by atoms with Crippen LogP contribution in [0.15, 0.2) is 0 Å². The van der Waals surface area contributed by atoms with Crippen molar-refractivity contribution < 1.29 is 9.90 Å². The first-order valence-electron chi connectivity index (χ1n) is 14.8. The van der Waals surface area contributed by atoms with Crippen LogP contribution in [0.1, 0.15) is 127 Å². The molecule has 0 bridgehead atoms. The fourth-order valence-corrected chi connectivity index (χ4v) is 12.7. The normalized spacial score (nSPS) is 54.4. The molecule has 0 unspecified atom stereocenters. The molecule has 2 heteroatoms. The van der Waals surface area contributed by atoms with Crippen LogP contribution in [0.2, 0.25) is 0 Å². The van der Waals surface area contributed by atoms with Gasteiger partial charge < -0.3 is 5.11 Å².